The molecular formula is C25H28N4O2. The number of amides is 1. The number of rotatable bonds is 4. The van der Waals surface area contributed by atoms with E-state index in [1.54, 1.807) is 0 Å². The fourth-order valence-electron chi connectivity index (χ4n) is 3.92. The quantitative estimate of drug-likeness (QED) is 0.656. The molecule has 0 N–H and O–H groups in total. The second-order valence-electron chi connectivity index (χ2n) is 8.27. The molecule has 0 bridgehead atoms. The van der Waals surface area contributed by atoms with Gasteiger partial charge < -0.3 is 9.80 Å². The third-order valence-corrected chi connectivity index (χ3v) is 5.81. The Bertz CT molecular complexity index is 1140. The van der Waals surface area contributed by atoms with Crippen LogP contribution >= 0.6 is 0 Å². The number of hydrogen-bond acceptors (Lipinski definition) is 4. The van der Waals surface area contributed by atoms with Crippen LogP contribution in [0.25, 0.3) is 0 Å². The largest absolute Gasteiger partial charge is 0.368 e. The molecule has 1 aliphatic heterocycles. The lowest BCUT2D eigenvalue weighted by molar-refractivity contribution is 0.0738. The molecule has 2 heterocycles. The molecule has 1 aliphatic rings. The molecule has 0 saturated carbocycles. The summed E-state index contributed by atoms with van der Waals surface area (Å²) in [7, 11) is 0. The molecule has 1 fully saturated rings. The van der Waals surface area contributed by atoms with Gasteiger partial charge in [-0.25, -0.2) is 4.68 Å². The van der Waals surface area contributed by atoms with Crippen molar-refractivity contribution < 1.29 is 4.79 Å². The van der Waals surface area contributed by atoms with E-state index in [0.717, 1.165) is 24.2 Å². The number of piperazine rings is 1. The van der Waals surface area contributed by atoms with Gasteiger partial charge in [-0.15, -0.1) is 0 Å². The lowest BCUT2D eigenvalue weighted by Crippen LogP contribution is -2.49. The smallest absolute Gasteiger partial charge is 0.274 e. The topological polar surface area (TPSA) is 58.4 Å². The van der Waals surface area contributed by atoms with Gasteiger partial charge in [0.1, 0.15) is 5.69 Å². The van der Waals surface area contributed by atoms with Crippen LogP contribution in [0.3, 0.4) is 0 Å². The minimum atomic E-state index is -0.211. The van der Waals surface area contributed by atoms with Crippen molar-refractivity contribution in [3.05, 3.63) is 92.9 Å². The van der Waals surface area contributed by atoms with E-state index in [2.05, 4.69) is 42.0 Å². The maximum atomic E-state index is 13.1. The summed E-state index contributed by atoms with van der Waals surface area (Å²) in [5, 5.41) is 4.37. The Morgan fingerprint density at radius 2 is 1.55 bits per heavy atom. The van der Waals surface area contributed by atoms with Crippen molar-refractivity contribution in [3.63, 3.8) is 0 Å². The van der Waals surface area contributed by atoms with Gasteiger partial charge in [-0.05, 0) is 49.6 Å². The molecule has 2 aromatic carbocycles. The van der Waals surface area contributed by atoms with E-state index >= 15 is 0 Å². The minimum Gasteiger partial charge on any atom is -0.368 e. The number of nitrogens with zero attached hydrogens (tertiary/aromatic N) is 4. The maximum Gasteiger partial charge on any atom is 0.274 e. The van der Waals surface area contributed by atoms with Gasteiger partial charge in [0, 0.05) is 37.9 Å². The van der Waals surface area contributed by atoms with Crippen LogP contribution in [0.1, 0.15) is 32.7 Å². The summed E-state index contributed by atoms with van der Waals surface area (Å²) in [6, 6.07) is 17.4. The van der Waals surface area contributed by atoms with Crippen LogP contribution < -0.4 is 10.5 Å². The van der Waals surface area contributed by atoms with Crippen molar-refractivity contribution >= 4 is 11.6 Å². The summed E-state index contributed by atoms with van der Waals surface area (Å²) in [6.07, 6.45) is 0. The van der Waals surface area contributed by atoms with E-state index in [1.165, 1.54) is 33.6 Å². The van der Waals surface area contributed by atoms with E-state index in [-0.39, 0.29) is 11.5 Å². The molecule has 1 saturated heterocycles. The number of benzene rings is 2. The fourth-order valence-corrected chi connectivity index (χ4v) is 3.92. The number of anilines is 1. The zero-order valence-electron chi connectivity index (χ0n) is 18.3. The number of carbonyl (C=O) groups excluding carboxylic acids is 1. The Morgan fingerprint density at radius 3 is 2.26 bits per heavy atom. The summed E-state index contributed by atoms with van der Waals surface area (Å²) in [5.74, 6) is -0.127. The van der Waals surface area contributed by atoms with E-state index < -0.39 is 0 Å². The van der Waals surface area contributed by atoms with Crippen LogP contribution in [0.15, 0.2) is 59.4 Å². The van der Waals surface area contributed by atoms with Crippen molar-refractivity contribution in [1.82, 2.24) is 14.7 Å². The lowest BCUT2D eigenvalue weighted by Gasteiger charge is -2.36. The van der Waals surface area contributed by atoms with Gasteiger partial charge in [-0.2, -0.15) is 5.10 Å². The minimum absolute atomic E-state index is 0.127. The van der Waals surface area contributed by atoms with Gasteiger partial charge in [0.25, 0.3) is 11.5 Å². The normalized spacial score (nSPS) is 14.0. The van der Waals surface area contributed by atoms with Gasteiger partial charge in [0.15, 0.2) is 0 Å². The maximum absolute atomic E-state index is 13.1. The summed E-state index contributed by atoms with van der Waals surface area (Å²) in [4.78, 5) is 29.5. The van der Waals surface area contributed by atoms with Crippen molar-refractivity contribution in [3.8, 4) is 0 Å². The molecule has 0 atom stereocenters. The first kappa shape index (κ1) is 20.8. The van der Waals surface area contributed by atoms with Crippen LogP contribution in [-0.2, 0) is 6.54 Å². The molecule has 0 aliphatic carbocycles. The molecule has 3 aromatic rings. The van der Waals surface area contributed by atoms with E-state index in [9.17, 15) is 9.59 Å². The molecule has 0 spiro atoms. The first-order valence-electron chi connectivity index (χ1n) is 10.7. The van der Waals surface area contributed by atoms with Gasteiger partial charge >= 0.3 is 0 Å². The SMILES string of the molecule is Cc1ccc(Cn2nc(C(=O)N3CCN(c4cc(C)ccc4C)CC3)ccc2=O)cc1. The Kier molecular flexibility index (Phi) is 5.89. The number of aromatic nitrogens is 2. The first-order valence-corrected chi connectivity index (χ1v) is 10.7. The number of hydrogen-bond donors (Lipinski definition) is 0. The summed E-state index contributed by atoms with van der Waals surface area (Å²) < 4.78 is 1.37. The average Bonchev–Trinajstić information content (AvgIpc) is 2.78. The summed E-state index contributed by atoms with van der Waals surface area (Å²) >= 11 is 0. The Balaban J connectivity index is 1.46. The fraction of sp³-hybridized carbons (Fsp3) is 0.320. The Labute approximate surface area is 182 Å². The van der Waals surface area contributed by atoms with Crippen molar-refractivity contribution in [2.45, 2.75) is 27.3 Å². The molecule has 0 radical (unpaired) electrons. The summed E-state index contributed by atoms with van der Waals surface area (Å²) in [5.41, 5.74) is 5.95. The molecular weight excluding hydrogens is 388 g/mol. The Morgan fingerprint density at radius 1 is 0.871 bits per heavy atom. The highest BCUT2D eigenvalue weighted by atomic mass is 16.2. The highest BCUT2D eigenvalue weighted by Gasteiger charge is 2.24. The zero-order valence-corrected chi connectivity index (χ0v) is 18.3. The third-order valence-electron chi connectivity index (χ3n) is 5.81. The first-order chi connectivity index (χ1) is 14.9. The molecule has 0 unspecified atom stereocenters. The highest BCUT2D eigenvalue weighted by Crippen LogP contribution is 2.23. The van der Waals surface area contributed by atoms with E-state index in [4.69, 9.17) is 0 Å². The van der Waals surface area contributed by atoms with Crippen molar-refractivity contribution in [2.75, 3.05) is 31.1 Å². The van der Waals surface area contributed by atoms with Gasteiger partial charge in [0.05, 0.1) is 6.54 Å². The van der Waals surface area contributed by atoms with Crippen molar-refractivity contribution in [1.29, 1.82) is 0 Å². The van der Waals surface area contributed by atoms with Crippen LogP contribution in [0.4, 0.5) is 5.69 Å². The number of carbonyl (C=O) groups is 1. The van der Waals surface area contributed by atoms with Crippen LogP contribution in [0.2, 0.25) is 0 Å². The highest BCUT2D eigenvalue weighted by molar-refractivity contribution is 5.92. The predicted octanol–water partition coefficient (Wildman–Crippen LogP) is 3.18. The van der Waals surface area contributed by atoms with Gasteiger partial charge in [0.2, 0.25) is 0 Å². The lowest BCUT2D eigenvalue weighted by atomic mass is 10.1. The molecule has 6 heteroatoms. The molecule has 31 heavy (non-hydrogen) atoms. The van der Waals surface area contributed by atoms with Crippen LogP contribution in [-0.4, -0.2) is 46.8 Å². The molecule has 1 amide bonds. The van der Waals surface area contributed by atoms with Crippen molar-refractivity contribution in [2.24, 2.45) is 0 Å². The molecule has 1 aromatic heterocycles. The average molecular weight is 417 g/mol. The second kappa shape index (κ2) is 8.76. The Hall–Kier alpha value is -3.41. The van der Waals surface area contributed by atoms with Crippen LogP contribution in [0.5, 0.6) is 0 Å². The molecule has 4 rings (SSSR count). The third kappa shape index (κ3) is 4.68. The monoisotopic (exact) mass is 416 g/mol. The predicted molar refractivity (Wildman–Crippen MR) is 123 cm³/mol. The van der Waals surface area contributed by atoms with E-state index in [1.807, 2.05) is 36.1 Å². The number of aryl methyl sites for hydroxylation is 3. The second-order valence-corrected chi connectivity index (χ2v) is 8.27. The van der Waals surface area contributed by atoms with Gasteiger partial charge in [-0.3, -0.25) is 9.59 Å². The van der Waals surface area contributed by atoms with Crippen LogP contribution in [0, 0.1) is 20.8 Å². The standard InChI is InChI=1S/C25H28N4O2/c1-18-5-8-21(9-6-18)17-29-24(30)11-10-22(26-29)25(31)28-14-12-27(13-15-28)23-16-19(2)4-7-20(23)3/h4-11,16H,12-15,17H2,1-3H3. The van der Waals surface area contributed by atoms with Gasteiger partial charge in [-0.1, -0.05) is 42.0 Å². The summed E-state index contributed by atoms with van der Waals surface area (Å²) in [6.45, 7) is 9.40. The molecule has 160 valence electrons. The molecule has 6 nitrogen and oxygen atoms in total. The zero-order chi connectivity index (χ0) is 22.0. The van der Waals surface area contributed by atoms with E-state index in [0.29, 0.717) is 25.3 Å².